The van der Waals surface area contributed by atoms with Gasteiger partial charge >= 0.3 is 6.01 Å². The molecule has 3 aromatic rings. The van der Waals surface area contributed by atoms with Gasteiger partial charge in [0.25, 0.3) is 0 Å². The van der Waals surface area contributed by atoms with Crippen LogP contribution >= 0.6 is 0 Å². The van der Waals surface area contributed by atoms with Crippen molar-refractivity contribution in [3.05, 3.63) is 72.1 Å². The molecule has 0 bridgehead atoms. The number of nitrogens with zero attached hydrogens (tertiary/aromatic N) is 3. The minimum Gasteiger partial charge on any atom is -0.497 e. The number of hydrogen-bond donors (Lipinski definition) is 0. The Morgan fingerprint density at radius 3 is 1.90 bits per heavy atom. The molecular weight excluding hydrogens is 366 g/mol. The van der Waals surface area contributed by atoms with E-state index < -0.39 is 0 Å². The van der Waals surface area contributed by atoms with Crippen molar-refractivity contribution in [2.45, 2.75) is 32.9 Å². The molecule has 0 radical (unpaired) electrons. The molecule has 0 saturated carbocycles. The van der Waals surface area contributed by atoms with Gasteiger partial charge in [-0.05, 0) is 41.8 Å². The summed E-state index contributed by atoms with van der Waals surface area (Å²) in [6.07, 6.45) is 5.80. The molecule has 0 atom stereocenters. The topological polar surface area (TPSA) is 48.8 Å². The normalized spacial score (nSPS) is 10.6. The zero-order valence-corrected chi connectivity index (χ0v) is 17.4. The van der Waals surface area contributed by atoms with Crippen molar-refractivity contribution in [3.63, 3.8) is 0 Å². The lowest BCUT2D eigenvalue weighted by Crippen LogP contribution is -2.33. The predicted octanol–water partition coefficient (Wildman–Crippen LogP) is 4.42. The summed E-state index contributed by atoms with van der Waals surface area (Å²) in [6.45, 7) is 4.22. The maximum atomic E-state index is 5.92. The molecule has 0 spiro atoms. The molecule has 1 aromatic heterocycles. The summed E-state index contributed by atoms with van der Waals surface area (Å²) in [7, 11) is 3.35. The van der Waals surface area contributed by atoms with Gasteiger partial charge in [-0.2, -0.15) is 0 Å². The van der Waals surface area contributed by atoms with Crippen molar-refractivity contribution in [3.8, 4) is 17.5 Å². The summed E-state index contributed by atoms with van der Waals surface area (Å²) in [5, 5.41) is 2.21. The largest absolute Gasteiger partial charge is 0.497 e. The van der Waals surface area contributed by atoms with E-state index >= 15 is 0 Å². The van der Waals surface area contributed by atoms with Crippen LogP contribution < -0.4 is 19.2 Å². The van der Waals surface area contributed by atoms with E-state index in [-0.39, 0.29) is 0 Å². The van der Waals surface area contributed by atoms with Crippen LogP contribution in [0.5, 0.6) is 17.5 Å². The Labute approximate surface area is 172 Å². The molecule has 0 aliphatic rings. The van der Waals surface area contributed by atoms with Gasteiger partial charge in [0.1, 0.15) is 11.5 Å². The maximum absolute atomic E-state index is 5.92. The molecule has 1 heterocycles. The first-order valence-electron chi connectivity index (χ1n) is 9.90. The molecule has 0 aliphatic carbocycles. The summed E-state index contributed by atoms with van der Waals surface area (Å²) in [6, 6.07) is 16.8. The highest BCUT2D eigenvalue weighted by atomic mass is 16.5. The molecule has 29 heavy (non-hydrogen) atoms. The highest BCUT2D eigenvalue weighted by Gasteiger charge is 2.14. The second-order valence-corrected chi connectivity index (χ2v) is 6.78. The van der Waals surface area contributed by atoms with E-state index in [2.05, 4.69) is 41.2 Å². The molecule has 0 saturated heterocycles. The van der Waals surface area contributed by atoms with E-state index in [1.165, 1.54) is 11.1 Å². The van der Waals surface area contributed by atoms with E-state index in [0.717, 1.165) is 24.3 Å². The quantitative estimate of drug-likeness (QED) is 0.450. The average molecular weight is 396 g/mol. The van der Waals surface area contributed by atoms with Crippen LogP contribution in [0.3, 0.4) is 0 Å². The number of hydrogen-bond acceptors (Lipinski definition) is 5. The summed E-state index contributed by atoms with van der Waals surface area (Å²) in [5.41, 5.74) is 2.35. The van der Waals surface area contributed by atoms with E-state index in [0.29, 0.717) is 25.7 Å². The monoisotopic (exact) mass is 395 g/mol. The fraction of sp³-hybridized carbons (Fsp3) is 0.348. The number of benzene rings is 2. The van der Waals surface area contributed by atoms with Crippen LogP contribution in [0.15, 0.2) is 60.9 Å². The lowest BCUT2D eigenvalue weighted by molar-refractivity contribution is 0.268. The first kappa shape index (κ1) is 20.6. The molecular formula is C23H29N3O3. The summed E-state index contributed by atoms with van der Waals surface area (Å²) < 4.78 is 18.5. The number of imidazole rings is 1. The Bertz CT molecular complexity index is 810. The van der Waals surface area contributed by atoms with Gasteiger partial charge in [-0.3, -0.25) is 0 Å². The predicted molar refractivity (Wildman–Crippen MR) is 114 cm³/mol. The average Bonchev–Trinajstić information content (AvgIpc) is 3.23. The van der Waals surface area contributed by atoms with Gasteiger partial charge < -0.3 is 19.2 Å². The molecule has 2 aromatic carbocycles. The van der Waals surface area contributed by atoms with Crippen molar-refractivity contribution < 1.29 is 14.2 Å². The maximum Gasteiger partial charge on any atom is 0.315 e. The Kier molecular flexibility index (Phi) is 7.39. The van der Waals surface area contributed by atoms with Gasteiger partial charge in [-0.25, -0.2) is 9.66 Å². The Morgan fingerprint density at radius 2 is 1.41 bits per heavy atom. The lowest BCUT2D eigenvalue weighted by Gasteiger charge is -2.27. The number of ether oxygens (including phenoxy) is 3. The van der Waals surface area contributed by atoms with Gasteiger partial charge in [0.2, 0.25) is 0 Å². The molecule has 6 nitrogen and oxygen atoms in total. The minimum atomic E-state index is 0.612. The Hall–Kier alpha value is -3.15. The zero-order valence-electron chi connectivity index (χ0n) is 17.4. The van der Waals surface area contributed by atoms with Crippen LogP contribution in [0.25, 0.3) is 0 Å². The smallest absolute Gasteiger partial charge is 0.315 e. The van der Waals surface area contributed by atoms with Gasteiger partial charge in [0, 0.05) is 0 Å². The van der Waals surface area contributed by atoms with Gasteiger partial charge in [-0.15, -0.1) is 0 Å². The molecule has 3 rings (SSSR count). The molecule has 6 heteroatoms. The third-order valence-electron chi connectivity index (χ3n) is 4.67. The SMILES string of the molecule is CCCCOc1nccn1N(Cc1ccc(OC)cc1)Cc1ccc(OC)cc1. The molecule has 0 N–H and O–H groups in total. The summed E-state index contributed by atoms with van der Waals surface area (Å²) >= 11 is 0. The van der Waals surface area contributed by atoms with Crippen molar-refractivity contribution >= 4 is 0 Å². The molecule has 0 fully saturated rings. The van der Waals surface area contributed by atoms with Crippen LogP contribution in [0.1, 0.15) is 30.9 Å². The van der Waals surface area contributed by atoms with Crippen molar-refractivity contribution in [2.24, 2.45) is 0 Å². The van der Waals surface area contributed by atoms with Crippen LogP contribution in [0, 0.1) is 0 Å². The van der Waals surface area contributed by atoms with Gasteiger partial charge in [-0.1, -0.05) is 37.6 Å². The van der Waals surface area contributed by atoms with Crippen LogP contribution in [-0.4, -0.2) is 30.5 Å². The van der Waals surface area contributed by atoms with Crippen LogP contribution in [0.4, 0.5) is 0 Å². The minimum absolute atomic E-state index is 0.612. The van der Waals surface area contributed by atoms with Crippen molar-refractivity contribution in [1.82, 2.24) is 9.66 Å². The third kappa shape index (κ3) is 5.67. The molecule has 0 unspecified atom stereocenters. The second-order valence-electron chi connectivity index (χ2n) is 6.78. The molecule has 0 aliphatic heterocycles. The van der Waals surface area contributed by atoms with Crippen molar-refractivity contribution in [2.75, 3.05) is 25.8 Å². The highest BCUT2D eigenvalue weighted by molar-refractivity contribution is 5.30. The van der Waals surface area contributed by atoms with E-state index in [1.54, 1.807) is 20.4 Å². The Balaban J connectivity index is 1.83. The number of aromatic nitrogens is 2. The number of rotatable bonds is 11. The first-order valence-corrected chi connectivity index (χ1v) is 9.90. The second kappa shape index (κ2) is 10.4. The Morgan fingerprint density at radius 1 is 0.862 bits per heavy atom. The third-order valence-corrected chi connectivity index (χ3v) is 4.67. The highest BCUT2D eigenvalue weighted by Crippen LogP contribution is 2.19. The zero-order chi connectivity index (χ0) is 20.5. The van der Waals surface area contributed by atoms with Crippen molar-refractivity contribution in [1.29, 1.82) is 0 Å². The van der Waals surface area contributed by atoms with Gasteiger partial charge in [0.05, 0.1) is 46.3 Å². The number of methoxy groups -OCH3 is 2. The van der Waals surface area contributed by atoms with E-state index in [1.807, 2.05) is 35.1 Å². The molecule has 0 amide bonds. The first-order chi connectivity index (χ1) is 14.2. The summed E-state index contributed by atoms with van der Waals surface area (Å²) in [5.74, 6) is 1.70. The summed E-state index contributed by atoms with van der Waals surface area (Å²) in [4.78, 5) is 4.41. The van der Waals surface area contributed by atoms with E-state index in [4.69, 9.17) is 14.2 Å². The molecule has 154 valence electrons. The fourth-order valence-electron chi connectivity index (χ4n) is 3.00. The van der Waals surface area contributed by atoms with Crippen LogP contribution in [-0.2, 0) is 13.1 Å². The standard InChI is InChI=1S/C23H29N3O3/c1-4-5-16-29-23-24-14-15-26(23)25(17-19-6-10-21(27-2)11-7-19)18-20-8-12-22(28-3)13-9-20/h6-15H,4-5,16-18H2,1-3H3. The lowest BCUT2D eigenvalue weighted by atomic mass is 10.2. The van der Waals surface area contributed by atoms with Gasteiger partial charge in [0.15, 0.2) is 0 Å². The fourth-order valence-corrected chi connectivity index (χ4v) is 3.00. The number of unbranched alkanes of at least 4 members (excludes halogenated alkanes) is 1. The van der Waals surface area contributed by atoms with E-state index in [9.17, 15) is 0 Å². The van der Waals surface area contributed by atoms with Crippen LogP contribution in [0.2, 0.25) is 0 Å².